The van der Waals surface area contributed by atoms with E-state index in [1.807, 2.05) is 6.92 Å². The summed E-state index contributed by atoms with van der Waals surface area (Å²) in [4.78, 5) is 23.9. The minimum atomic E-state index is -0.650. The number of carbonyl (C=O) groups excluding carboxylic acids is 2. The number of allylic oxidation sites excluding steroid dienone is 2. The van der Waals surface area contributed by atoms with Gasteiger partial charge in [0, 0.05) is 19.1 Å². The highest BCUT2D eigenvalue weighted by Crippen LogP contribution is 2.41. The average Bonchev–Trinajstić information content (AvgIpc) is 2.50. The summed E-state index contributed by atoms with van der Waals surface area (Å²) in [6.45, 7) is 9.61. The van der Waals surface area contributed by atoms with Gasteiger partial charge in [-0.1, -0.05) is 13.2 Å². The zero-order valence-electron chi connectivity index (χ0n) is 12.8. The van der Waals surface area contributed by atoms with Crippen LogP contribution in [0.4, 0.5) is 0 Å². The Labute approximate surface area is 126 Å². The maximum Gasteiger partial charge on any atom is 0.161 e. The fraction of sp³-hybridized carbons (Fsp3) is 0.647. The maximum atomic E-state index is 12.1. The summed E-state index contributed by atoms with van der Waals surface area (Å²) < 4.78 is 5.97. The molecule has 1 fully saturated rings. The number of ether oxygens (including phenoxy) is 1. The lowest BCUT2D eigenvalue weighted by Crippen LogP contribution is -2.48. The van der Waals surface area contributed by atoms with Crippen molar-refractivity contribution in [2.75, 3.05) is 13.2 Å². The van der Waals surface area contributed by atoms with E-state index in [9.17, 15) is 9.59 Å². The monoisotopic (exact) mass is 294 g/mol. The number of rotatable bonds is 9. The second-order valence-electron chi connectivity index (χ2n) is 5.84. The van der Waals surface area contributed by atoms with Crippen LogP contribution in [0.25, 0.3) is 0 Å². The van der Waals surface area contributed by atoms with E-state index in [1.54, 1.807) is 0 Å². The Bertz CT molecular complexity index is 402. The molecule has 3 unspecified atom stereocenters. The van der Waals surface area contributed by atoms with E-state index in [2.05, 4.69) is 13.2 Å². The third-order valence-electron chi connectivity index (χ3n) is 4.33. The molecular formula is C17H26O4. The summed E-state index contributed by atoms with van der Waals surface area (Å²) in [6, 6.07) is 0. The maximum absolute atomic E-state index is 12.1. The van der Waals surface area contributed by atoms with Crippen LogP contribution in [-0.4, -0.2) is 35.5 Å². The van der Waals surface area contributed by atoms with Crippen molar-refractivity contribution in [1.82, 2.24) is 0 Å². The Balaban J connectivity index is 2.80. The molecule has 1 aliphatic carbocycles. The standard InChI is InChI=1S/C17H26O4/c1-4-15(19)13-8-9-14(16(20)5-2)17(3,12-13)21-11-7-6-10-18/h4-5,13-14,18H,1-2,6-12H2,3H3. The highest BCUT2D eigenvalue weighted by Gasteiger charge is 2.45. The highest BCUT2D eigenvalue weighted by molar-refractivity contribution is 5.94. The van der Waals surface area contributed by atoms with E-state index in [4.69, 9.17) is 9.84 Å². The molecule has 0 aliphatic heterocycles. The molecule has 4 nitrogen and oxygen atoms in total. The quantitative estimate of drug-likeness (QED) is 0.524. The second-order valence-corrected chi connectivity index (χ2v) is 5.84. The second kappa shape index (κ2) is 8.25. The minimum absolute atomic E-state index is 0.0182. The predicted octanol–water partition coefficient (Wildman–Crippen LogP) is 2.46. The molecule has 21 heavy (non-hydrogen) atoms. The van der Waals surface area contributed by atoms with Crippen LogP contribution in [0.3, 0.4) is 0 Å². The van der Waals surface area contributed by atoms with Crippen LogP contribution >= 0.6 is 0 Å². The fourth-order valence-corrected chi connectivity index (χ4v) is 3.08. The van der Waals surface area contributed by atoms with Gasteiger partial charge in [-0.3, -0.25) is 9.59 Å². The number of unbranched alkanes of at least 4 members (excludes halogenated alkanes) is 1. The third kappa shape index (κ3) is 4.61. The molecule has 0 spiro atoms. The van der Waals surface area contributed by atoms with Crippen LogP contribution in [0.5, 0.6) is 0 Å². The first-order valence-corrected chi connectivity index (χ1v) is 7.56. The molecule has 0 bridgehead atoms. The van der Waals surface area contributed by atoms with Gasteiger partial charge in [-0.25, -0.2) is 0 Å². The zero-order chi connectivity index (χ0) is 15.9. The first kappa shape index (κ1) is 17.8. The molecule has 4 heteroatoms. The lowest BCUT2D eigenvalue weighted by molar-refractivity contribution is -0.147. The van der Waals surface area contributed by atoms with Gasteiger partial charge < -0.3 is 9.84 Å². The summed E-state index contributed by atoms with van der Waals surface area (Å²) in [5, 5.41) is 8.81. The van der Waals surface area contributed by atoms with Gasteiger partial charge in [0.15, 0.2) is 11.6 Å². The average molecular weight is 294 g/mol. The molecule has 0 aromatic heterocycles. The van der Waals surface area contributed by atoms with E-state index in [1.165, 1.54) is 12.2 Å². The van der Waals surface area contributed by atoms with Crippen molar-refractivity contribution in [3.05, 3.63) is 25.3 Å². The van der Waals surface area contributed by atoms with Crippen molar-refractivity contribution in [1.29, 1.82) is 0 Å². The molecule has 3 atom stereocenters. The summed E-state index contributed by atoms with van der Waals surface area (Å²) in [7, 11) is 0. The van der Waals surface area contributed by atoms with E-state index in [-0.39, 0.29) is 30.0 Å². The lowest BCUT2D eigenvalue weighted by atomic mass is 9.68. The van der Waals surface area contributed by atoms with Crippen molar-refractivity contribution in [3.63, 3.8) is 0 Å². The first-order valence-electron chi connectivity index (χ1n) is 7.56. The first-order chi connectivity index (χ1) is 9.98. The van der Waals surface area contributed by atoms with Gasteiger partial charge in [-0.05, 0) is 51.2 Å². The smallest absolute Gasteiger partial charge is 0.161 e. The normalized spacial score (nSPS) is 28.9. The number of carbonyl (C=O) groups is 2. The molecule has 1 N–H and O–H groups in total. The van der Waals surface area contributed by atoms with Crippen LogP contribution in [0.2, 0.25) is 0 Å². The summed E-state index contributed by atoms with van der Waals surface area (Å²) >= 11 is 0. The minimum Gasteiger partial charge on any atom is -0.396 e. The van der Waals surface area contributed by atoms with E-state index >= 15 is 0 Å². The van der Waals surface area contributed by atoms with E-state index in [0.717, 1.165) is 6.42 Å². The van der Waals surface area contributed by atoms with Gasteiger partial charge in [0.1, 0.15) is 0 Å². The number of hydrogen-bond acceptors (Lipinski definition) is 4. The molecule has 0 aromatic rings. The van der Waals surface area contributed by atoms with Gasteiger partial charge >= 0.3 is 0 Å². The molecule has 118 valence electrons. The van der Waals surface area contributed by atoms with Crippen LogP contribution in [0.15, 0.2) is 25.3 Å². The molecule has 0 aromatic carbocycles. The Hall–Kier alpha value is -1.26. The number of ketones is 2. The number of aliphatic hydroxyl groups is 1. The van der Waals surface area contributed by atoms with Crippen LogP contribution in [0.1, 0.15) is 39.0 Å². The highest BCUT2D eigenvalue weighted by atomic mass is 16.5. The van der Waals surface area contributed by atoms with Gasteiger partial charge in [0.25, 0.3) is 0 Å². The molecule has 0 radical (unpaired) electrons. The molecule has 0 amide bonds. The van der Waals surface area contributed by atoms with Crippen molar-refractivity contribution >= 4 is 11.6 Å². The van der Waals surface area contributed by atoms with E-state index < -0.39 is 5.60 Å². The van der Waals surface area contributed by atoms with Gasteiger partial charge in [0.05, 0.1) is 11.5 Å². The van der Waals surface area contributed by atoms with Crippen molar-refractivity contribution in [2.45, 2.75) is 44.6 Å². The Kier molecular flexibility index (Phi) is 6.99. The lowest BCUT2D eigenvalue weighted by Gasteiger charge is -2.43. The molecule has 1 saturated carbocycles. The summed E-state index contributed by atoms with van der Waals surface area (Å²) in [5.41, 5.74) is -0.650. The van der Waals surface area contributed by atoms with Crippen molar-refractivity contribution in [3.8, 4) is 0 Å². The predicted molar refractivity (Wildman–Crippen MR) is 81.9 cm³/mol. The van der Waals surface area contributed by atoms with Crippen molar-refractivity contribution in [2.24, 2.45) is 11.8 Å². The van der Waals surface area contributed by atoms with Crippen LogP contribution in [-0.2, 0) is 14.3 Å². The Morgan fingerprint density at radius 3 is 2.48 bits per heavy atom. The van der Waals surface area contributed by atoms with E-state index in [0.29, 0.717) is 32.3 Å². The molecule has 1 aliphatic rings. The molecular weight excluding hydrogens is 268 g/mol. The van der Waals surface area contributed by atoms with Gasteiger partial charge in [0.2, 0.25) is 0 Å². The van der Waals surface area contributed by atoms with Crippen molar-refractivity contribution < 1.29 is 19.4 Å². The summed E-state index contributed by atoms with van der Waals surface area (Å²) in [5.74, 6) is -0.383. The number of aliphatic hydroxyl groups excluding tert-OH is 1. The molecule has 0 saturated heterocycles. The molecule has 1 rings (SSSR count). The third-order valence-corrected chi connectivity index (χ3v) is 4.33. The fourth-order valence-electron chi connectivity index (χ4n) is 3.08. The Morgan fingerprint density at radius 2 is 1.90 bits per heavy atom. The van der Waals surface area contributed by atoms with Crippen LogP contribution < -0.4 is 0 Å². The van der Waals surface area contributed by atoms with Gasteiger partial charge in [-0.15, -0.1) is 0 Å². The Morgan fingerprint density at radius 1 is 1.24 bits per heavy atom. The zero-order valence-corrected chi connectivity index (χ0v) is 12.8. The molecule has 0 heterocycles. The topological polar surface area (TPSA) is 63.6 Å². The summed E-state index contributed by atoms with van der Waals surface area (Å²) in [6.07, 6.45) is 5.95. The van der Waals surface area contributed by atoms with Crippen LogP contribution in [0, 0.1) is 11.8 Å². The largest absolute Gasteiger partial charge is 0.396 e. The van der Waals surface area contributed by atoms with Gasteiger partial charge in [-0.2, -0.15) is 0 Å². The SMILES string of the molecule is C=CC(=O)C1CCC(C(=O)C=C)C(C)(OCCCCO)C1. The number of hydrogen-bond donors (Lipinski definition) is 1.